The van der Waals surface area contributed by atoms with Crippen LogP contribution in [0, 0.1) is 11.8 Å². The molecule has 1 aliphatic heterocycles. The highest BCUT2D eigenvalue weighted by Gasteiger charge is 2.52. The number of piperidine rings is 1. The molecule has 40 heavy (non-hydrogen) atoms. The van der Waals surface area contributed by atoms with Crippen LogP contribution in [0.1, 0.15) is 55.7 Å². The summed E-state index contributed by atoms with van der Waals surface area (Å²) in [7, 11) is 0. The van der Waals surface area contributed by atoms with Crippen LogP contribution in [0.2, 0.25) is 0 Å². The van der Waals surface area contributed by atoms with Gasteiger partial charge in [0.1, 0.15) is 5.75 Å². The van der Waals surface area contributed by atoms with Gasteiger partial charge in [-0.25, -0.2) is 0 Å². The number of fused-ring (bicyclic) bond motifs is 1. The first-order valence-electron chi connectivity index (χ1n) is 13.9. The van der Waals surface area contributed by atoms with Crippen LogP contribution < -0.4 is 10.1 Å². The number of aliphatic hydroxyl groups is 1. The van der Waals surface area contributed by atoms with Gasteiger partial charge in [-0.2, -0.15) is 13.2 Å². The van der Waals surface area contributed by atoms with Gasteiger partial charge < -0.3 is 20.1 Å². The minimum absolute atomic E-state index is 0.0543. The lowest BCUT2D eigenvalue weighted by atomic mass is 9.57. The van der Waals surface area contributed by atoms with Crippen molar-refractivity contribution in [2.24, 2.45) is 11.8 Å². The number of likely N-dealkylation sites (tertiary alicyclic amines) is 1. The first-order chi connectivity index (χ1) is 19.0. The third-order valence-corrected chi connectivity index (χ3v) is 8.51. The molecular weight excluding hydrogens is 521 g/mol. The number of nitrogens with zero attached hydrogens (tertiary/aromatic N) is 1. The molecule has 2 aromatic rings. The van der Waals surface area contributed by atoms with Crippen molar-refractivity contribution in [3.8, 4) is 5.75 Å². The lowest BCUT2D eigenvalue weighted by Crippen LogP contribution is -2.61. The monoisotopic (exact) mass is 556 g/mol. The normalized spacial score (nSPS) is 27.3. The molecule has 0 spiro atoms. The molecule has 6 nitrogen and oxygen atoms in total. The molecule has 4 atom stereocenters. The Morgan fingerprint density at radius 3 is 2.67 bits per heavy atom. The van der Waals surface area contributed by atoms with E-state index in [4.69, 9.17) is 4.74 Å². The Kier molecular flexibility index (Phi) is 8.06. The second-order valence-electron chi connectivity index (χ2n) is 11.5. The molecular formula is C31H35F3N2O4. The zero-order valence-corrected chi connectivity index (χ0v) is 22.5. The average Bonchev–Trinajstić information content (AvgIpc) is 3.71. The van der Waals surface area contributed by atoms with Crippen LogP contribution in [0.25, 0.3) is 6.08 Å². The Labute approximate surface area is 232 Å². The van der Waals surface area contributed by atoms with E-state index >= 15 is 0 Å². The van der Waals surface area contributed by atoms with Gasteiger partial charge in [0.2, 0.25) is 5.91 Å². The number of carbonyl (C=O) groups excluding carboxylic acids is 2. The van der Waals surface area contributed by atoms with E-state index in [-0.39, 0.29) is 17.5 Å². The summed E-state index contributed by atoms with van der Waals surface area (Å²) in [6.07, 6.45) is 1.75. The molecule has 2 aliphatic carbocycles. The molecule has 9 heteroatoms. The van der Waals surface area contributed by atoms with Gasteiger partial charge >= 0.3 is 12.1 Å². The van der Waals surface area contributed by atoms with Gasteiger partial charge in [-0.15, -0.1) is 0 Å². The number of hydrogen-bond donors (Lipinski definition) is 2. The van der Waals surface area contributed by atoms with Gasteiger partial charge in [0.25, 0.3) is 0 Å². The third kappa shape index (κ3) is 6.58. The van der Waals surface area contributed by atoms with Crippen molar-refractivity contribution in [2.75, 3.05) is 19.6 Å². The second kappa shape index (κ2) is 11.4. The van der Waals surface area contributed by atoms with Crippen molar-refractivity contribution in [3.63, 3.8) is 0 Å². The van der Waals surface area contributed by atoms with Crippen LogP contribution in [0.5, 0.6) is 5.75 Å². The molecule has 5 rings (SSSR count). The molecule has 0 aromatic heterocycles. The molecule has 1 saturated heterocycles. The zero-order valence-electron chi connectivity index (χ0n) is 22.5. The Morgan fingerprint density at radius 1 is 1.18 bits per heavy atom. The van der Waals surface area contributed by atoms with Crippen molar-refractivity contribution in [3.05, 3.63) is 71.3 Å². The highest BCUT2D eigenvalue weighted by atomic mass is 19.4. The molecule has 3 fully saturated rings. The number of carbonyl (C=O) groups is 2. The van der Waals surface area contributed by atoms with Crippen LogP contribution in [0.3, 0.4) is 0 Å². The van der Waals surface area contributed by atoms with E-state index in [1.165, 1.54) is 44.1 Å². The summed E-state index contributed by atoms with van der Waals surface area (Å²) < 4.78 is 44.5. The third-order valence-electron chi connectivity index (χ3n) is 8.51. The fraction of sp³-hybridized carbons (Fsp3) is 0.484. The maximum atomic E-state index is 13.0. The summed E-state index contributed by atoms with van der Waals surface area (Å²) >= 11 is 0. The number of amides is 1. The first-order valence-corrected chi connectivity index (χ1v) is 13.9. The fourth-order valence-electron chi connectivity index (χ4n) is 6.50. The predicted molar refractivity (Wildman–Crippen MR) is 144 cm³/mol. The number of esters is 1. The predicted octanol–water partition coefficient (Wildman–Crippen LogP) is 4.95. The van der Waals surface area contributed by atoms with Gasteiger partial charge in [-0.05, 0) is 86.0 Å². The quantitative estimate of drug-likeness (QED) is 0.287. The van der Waals surface area contributed by atoms with E-state index < -0.39 is 35.1 Å². The van der Waals surface area contributed by atoms with Crippen LogP contribution in [-0.2, 0) is 21.2 Å². The summed E-state index contributed by atoms with van der Waals surface area (Å²) in [5, 5.41) is 14.4. The minimum Gasteiger partial charge on any atom is -0.427 e. The summed E-state index contributed by atoms with van der Waals surface area (Å²) in [6.45, 7) is 4.01. The van der Waals surface area contributed by atoms with E-state index in [1.807, 2.05) is 18.2 Å². The number of halogens is 3. The Morgan fingerprint density at radius 2 is 1.95 bits per heavy atom. The van der Waals surface area contributed by atoms with Gasteiger partial charge in [0.05, 0.1) is 11.7 Å². The molecule has 0 bridgehead atoms. The van der Waals surface area contributed by atoms with E-state index in [0.29, 0.717) is 18.6 Å². The van der Waals surface area contributed by atoms with Crippen molar-refractivity contribution in [1.82, 2.24) is 10.2 Å². The maximum absolute atomic E-state index is 13.0. The molecule has 2 saturated carbocycles. The molecule has 2 aromatic carbocycles. The van der Waals surface area contributed by atoms with Crippen LogP contribution in [0.4, 0.5) is 13.2 Å². The van der Waals surface area contributed by atoms with Gasteiger partial charge in [-0.1, -0.05) is 24.3 Å². The van der Waals surface area contributed by atoms with Crippen molar-refractivity contribution in [2.45, 2.75) is 62.8 Å². The average molecular weight is 557 g/mol. The lowest BCUT2D eigenvalue weighted by Gasteiger charge is -2.55. The number of ether oxygens (including phenoxy) is 1. The smallest absolute Gasteiger partial charge is 0.416 e. The van der Waals surface area contributed by atoms with Crippen LogP contribution in [0.15, 0.2) is 54.6 Å². The SMILES string of the molecule is CC(=O)Oc1cccc(C23CCN(CC4CC4)CC2C(O)CC(NC(=O)C=Cc2cccc(C(F)(F)F)c2)C3)c1. The second-order valence-corrected chi connectivity index (χ2v) is 11.5. The van der Waals surface area contributed by atoms with Crippen molar-refractivity contribution < 1.29 is 32.6 Å². The zero-order chi connectivity index (χ0) is 28.5. The van der Waals surface area contributed by atoms with Gasteiger partial charge in [0.15, 0.2) is 0 Å². The summed E-state index contributed by atoms with van der Waals surface area (Å²) in [5.74, 6) is 0.288. The number of rotatable bonds is 7. The lowest BCUT2D eigenvalue weighted by molar-refractivity contribution is -0.137. The molecule has 1 heterocycles. The largest absolute Gasteiger partial charge is 0.427 e. The molecule has 2 N–H and O–H groups in total. The molecule has 214 valence electrons. The van der Waals surface area contributed by atoms with E-state index in [0.717, 1.165) is 49.7 Å². The van der Waals surface area contributed by atoms with E-state index in [1.54, 1.807) is 6.07 Å². The maximum Gasteiger partial charge on any atom is 0.416 e. The number of aliphatic hydroxyl groups excluding tert-OH is 1. The topological polar surface area (TPSA) is 78.9 Å². The molecule has 3 aliphatic rings. The fourth-order valence-corrected chi connectivity index (χ4v) is 6.50. The Hall–Kier alpha value is -3.17. The Bertz CT molecular complexity index is 1280. The summed E-state index contributed by atoms with van der Waals surface area (Å²) in [4.78, 5) is 26.9. The molecule has 4 unspecified atom stereocenters. The first kappa shape index (κ1) is 28.4. The van der Waals surface area contributed by atoms with E-state index in [2.05, 4.69) is 10.2 Å². The van der Waals surface area contributed by atoms with E-state index in [9.17, 15) is 27.9 Å². The number of alkyl halides is 3. The van der Waals surface area contributed by atoms with Gasteiger partial charge in [-0.3, -0.25) is 9.59 Å². The number of nitrogens with one attached hydrogen (secondary N) is 1. The molecule has 1 amide bonds. The summed E-state index contributed by atoms with van der Waals surface area (Å²) in [6, 6.07) is 11.9. The standard InChI is InChI=1S/C31H35F3N2O4/c1-20(37)40-26-7-3-5-23(15-26)30-12-13-36(18-22-8-9-22)19-27(30)28(38)16-25(17-30)35-29(39)11-10-21-4-2-6-24(14-21)31(32,33)34/h2-7,10-11,14-15,22,25,27-28,38H,8-9,12-13,16-19H2,1H3,(H,35,39). The van der Waals surface area contributed by atoms with Crippen molar-refractivity contribution >= 4 is 18.0 Å². The molecule has 0 radical (unpaired) electrons. The van der Waals surface area contributed by atoms with Gasteiger partial charge in [0, 0.05) is 43.5 Å². The van der Waals surface area contributed by atoms with Crippen molar-refractivity contribution in [1.29, 1.82) is 0 Å². The minimum atomic E-state index is -4.46. The number of benzene rings is 2. The van der Waals surface area contributed by atoms with Crippen LogP contribution >= 0.6 is 0 Å². The van der Waals surface area contributed by atoms with Crippen LogP contribution in [-0.4, -0.2) is 53.7 Å². The highest BCUT2D eigenvalue weighted by molar-refractivity contribution is 5.92. The highest BCUT2D eigenvalue weighted by Crippen LogP contribution is 2.50. The number of hydrogen-bond acceptors (Lipinski definition) is 5. The Balaban J connectivity index is 1.35. The summed E-state index contributed by atoms with van der Waals surface area (Å²) in [5.41, 5.74) is 0.0362.